The minimum absolute atomic E-state index is 0.106. The van der Waals surface area contributed by atoms with E-state index in [9.17, 15) is 4.79 Å². The predicted octanol–water partition coefficient (Wildman–Crippen LogP) is 4.14. The van der Waals surface area contributed by atoms with Gasteiger partial charge in [0.05, 0.1) is 15.0 Å². The third kappa shape index (κ3) is 3.07. The summed E-state index contributed by atoms with van der Waals surface area (Å²) in [5, 5.41) is 1.98. The highest BCUT2D eigenvalue weighted by Crippen LogP contribution is 2.26. The van der Waals surface area contributed by atoms with E-state index in [1.54, 1.807) is 23.5 Å². The number of rotatable bonds is 4. The third-order valence-corrected chi connectivity index (χ3v) is 5.18. The molecule has 0 saturated carbocycles. The van der Waals surface area contributed by atoms with E-state index in [-0.39, 0.29) is 5.78 Å². The molecule has 0 spiro atoms. The molecular formula is C10H8ClNOS3. The first-order valence-corrected chi connectivity index (χ1v) is 7.54. The zero-order valence-corrected chi connectivity index (χ0v) is 11.6. The fraction of sp³-hybridized carbons (Fsp3) is 0.200. The maximum Gasteiger partial charge on any atom is 0.183 e. The van der Waals surface area contributed by atoms with Crippen molar-refractivity contribution in [2.45, 2.75) is 11.3 Å². The van der Waals surface area contributed by atoms with Crippen molar-refractivity contribution in [1.29, 1.82) is 0 Å². The fourth-order valence-electron chi connectivity index (χ4n) is 1.06. The van der Waals surface area contributed by atoms with Gasteiger partial charge in [-0.25, -0.2) is 4.98 Å². The summed E-state index contributed by atoms with van der Waals surface area (Å²) in [6, 6.07) is 3.51. The molecule has 0 saturated heterocycles. The number of thioether (sulfide) groups is 1. The molecule has 2 nitrogen and oxygen atoms in total. The standard InChI is InChI=1S/C10H8ClNOS3/c1-6-4-14-10(12-6)15-5-7(13)8-2-3-9(11)16-8/h2-4H,5H2,1H3. The summed E-state index contributed by atoms with van der Waals surface area (Å²) in [5.74, 6) is 0.527. The fourth-order valence-corrected chi connectivity index (χ4v) is 3.87. The second-order valence-electron chi connectivity index (χ2n) is 3.07. The second-order valence-corrected chi connectivity index (χ2v) is 6.87. The number of halogens is 1. The van der Waals surface area contributed by atoms with Gasteiger partial charge in [0.1, 0.15) is 0 Å². The molecule has 6 heteroatoms. The maximum atomic E-state index is 11.7. The number of carbonyl (C=O) groups is 1. The number of ketones is 1. The van der Waals surface area contributed by atoms with E-state index in [0.717, 1.165) is 10.0 Å². The Balaban J connectivity index is 1.93. The third-order valence-electron chi connectivity index (χ3n) is 1.77. The van der Waals surface area contributed by atoms with Crippen molar-refractivity contribution in [3.8, 4) is 0 Å². The van der Waals surface area contributed by atoms with Crippen molar-refractivity contribution in [3.63, 3.8) is 0 Å². The van der Waals surface area contributed by atoms with Crippen molar-refractivity contribution in [2.24, 2.45) is 0 Å². The summed E-state index contributed by atoms with van der Waals surface area (Å²) in [6.07, 6.45) is 0. The van der Waals surface area contributed by atoms with E-state index in [1.807, 2.05) is 12.3 Å². The summed E-state index contributed by atoms with van der Waals surface area (Å²) in [4.78, 5) is 16.7. The number of hydrogen-bond acceptors (Lipinski definition) is 5. The van der Waals surface area contributed by atoms with E-state index in [4.69, 9.17) is 11.6 Å². The van der Waals surface area contributed by atoms with Crippen LogP contribution in [0.25, 0.3) is 0 Å². The highest BCUT2D eigenvalue weighted by molar-refractivity contribution is 8.01. The van der Waals surface area contributed by atoms with Crippen LogP contribution in [0, 0.1) is 6.92 Å². The highest BCUT2D eigenvalue weighted by Gasteiger charge is 2.10. The SMILES string of the molecule is Cc1csc(SCC(=O)c2ccc(Cl)s2)n1. The van der Waals surface area contributed by atoms with Gasteiger partial charge in [0.25, 0.3) is 0 Å². The molecule has 0 N–H and O–H groups in total. The number of thiophene rings is 1. The topological polar surface area (TPSA) is 30.0 Å². The van der Waals surface area contributed by atoms with Gasteiger partial charge in [0.2, 0.25) is 0 Å². The van der Waals surface area contributed by atoms with Crippen LogP contribution in [0.15, 0.2) is 21.9 Å². The van der Waals surface area contributed by atoms with Crippen molar-refractivity contribution in [3.05, 3.63) is 32.4 Å². The Kier molecular flexibility index (Phi) is 4.02. The summed E-state index contributed by atoms with van der Waals surface area (Å²) in [7, 11) is 0. The lowest BCUT2D eigenvalue weighted by Gasteiger charge is -1.94. The first-order valence-electron chi connectivity index (χ1n) is 4.48. The van der Waals surface area contributed by atoms with E-state index < -0.39 is 0 Å². The Morgan fingerprint density at radius 1 is 1.56 bits per heavy atom. The summed E-state index contributed by atoms with van der Waals surface area (Å²) >= 11 is 10.1. The minimum atomic E-state index is 0.106. The molecule has 0 aromatic carbocycles. The summed E-state index contributed by atoms with van der Waals surface area (Å²) < 4.78 is 1.59. The second kappa shape index (κ2) is 5.31. The first kappa shape index (κ1) is 12.1. The Morgan fingerprint density at radius 2 is 2.38 bits per heavy atom. The van der Waals surface area contributed by atoms with Gasteiger partial charge in [-0.15, -0.1) is 22.7 Å². The molecule has 0 fully saturated rings. The molecule has 0 atom stereocenters. The van der Waals surface area contributed by atoms with Gasteiger partial charge in [-0.05, 0) is 19.1 Å². The Hall–Kier alpha value is -0.360. The van der Waals surface area contributed by atoms with Crippen molar-refractivity contribution >= 4 is 51.8 Å². The van der Waals surface area contributed by atoms with Crippen LogP contribution in [0.5, 0.6) is 0 Å². The van der Waals surface area contributed by atoms with Gasteiger partial charge in [-0.3, -0.25) is 4.79 Å². The number of nitrogens with zero attached hydrogens (tertiary/aromatic N) is 1. The normalized spacial score (nSPS) is 10.6. The number of hydrogen-bond donors (Lipinski definition) is 0. The predicted molar refractivity (Wildman–Crippen MR) is 71.2 cm³/mol. The van der Waals surface area contributed by atoms with Crippen LogP contribution >= 0.6 is 46.0 Å². The Morgan fingerprint density at radius 3 is 2.94 bits per heavy atom. The molecule has 0 amide bonds. The first-order chi connectivity index (χ1) is 7.65. The van der Waals surface area contributed by atoms with Crippen LogP contribution in [-0.2, 0) is 0 Å². The zero-order chi connectivity index (χ0) is 11.5. The van der Waals surface area contributed by atoms with Crippen LogP contribution < -0.4 is 0 Å². The lowest BCUT2D eigenvalue weighted by Crippen LogP contribution is -1.98. The maximum absolute atomic E-state index is 11.7. The van der Waals surface area contributed by atoms with Crippen LogP contribution in [0.3, 0.4) is 0 Å². The molecule has 0 bridgehead atoms. The number of carbonyl (C=O) groups excluding carboxylic acids is 1. The van der Waals surface area contributed by atoms with E-state index in [0.29, 0.717) is 15.0 Å². The monoisotopic (exact) mass is 289 g/mol. The van der Waals surface area contributed by atoms with E-state index in [2.05, 4.69) is 4.98 Å². The van der Waals surface area contributed by atoms with Gasteiger partial charge in [0, 0.05) is 11.1 Å². The quantitative estimate of drug-likeness (QED) is 0.626. The van der Waals surface area contributed by atoms with Crippen LogP contribution in [0.1, 0.15) is 15.4 Å². The van der Waals surface area contributed by atoms with Crippen LogP contribution in [0.4, 0.5) is 0 Å². The van der Waals surface area contributed by atoms with Crippen molar-refractivity contribution in [2.75, 3.05) is 5.75 Å². The minimum Gasteiger partial charge on any atom is -0.292 e. The molecule has 16 heavy (non-hydrogen) atoms. The zero-order valence-electron chi connectivity index (χ0n) is 8.40. The summed E-state index contributed by atoms with van der Waals surface area (Å²) in [5.41, 5.74) is 0.999. The lowest BCUT2D eigenvalue weighted by molar-refractivity contribution is 0.102. The molecule has 0 unspecified atom stereocenters. The molecule has 2 aromatic heterocycles. The number of aryl methyl sites for hydroxylation is 1. The molecule has 0 aliphatic carbocycles. The number of Topliss-reactive ketones (excluding diaryl/α,β-unsaturated/α-hetero) is 1. The van der Waals surface area contributed by atoms with Crippen molar-refractivity contribution < 1.29 is 4.79 Å². The number of thiazole rings is 1. The average molecular weight is 290 g/mol. The summed E-state index contributed by atoms with van der Waals surface area (Å²) in [6.45, 7) is 1.95. The molecule has 84 valence electrons. The molecule has 2 heterocycles. The lowest BCUT2D eigenvalue weighted by atomic mass is 10.4. The number of aromatic nitrogens is 1. The van der Waals surface area contributed by atoms with Gasteiger partial charge in [-0.1, -0.05) is 23.4 Å². The molecule has 0 aliphatic rings. The molecule has 0 aliphatic heterocycles. The smallest absolute Gasteiger partial charge is 0.183 e. The van der Waals surface area contributed by atoms with E-state index in [1.165, 1.54) is 23.1 Å². The largest absolute Gasteiger partial charge is 0.292 e. The van der Waals surface area contributed by atoms with Gasteiger partial charge in [-0.2, -0.15) is 0 Å². The van der Waals surface area contributed by atoms with Crippen molar-refractivity contribution in [1.82, 2.24) is 4.98 Å². The average Bonchev–Trinajstić information content (AvgIpc) is 2.84. The Bertz CT molecular complexity index is 506. The van der Waals surface area contributed by atoms with Gasteiger partial charge < -0.3 is 0 Å². The van der Waals surface area contributed by atoms with Crippen LogP contribution in [-0.4, -0.2) is 16.5 Å². The molecule has 0 radical (unpaired) electrons. The molecular weight excluding hydrogens is 282 g/mol. The van der Waals surface area contributed by atoms with Gasteiger partial charge >= 0.3 is 0 Å². The Labute approximate surface area is 111 Å². The van der Waals surface area contributed by atoms with Crippen LogP contribution in [0.2, 0.25) is 4.34 Å². The molecule has 2 aromatic rings. The molecule has 2 rings (SSSR count). The highest BCUT2D eigenvalue weighted by atomic mass is 35.5. The van der Waals surface area contributed by atoms with Gasteiger partial charge in [0.15, 0.2) is 10.1 Å². The van der Waals surface area contributed by atoms with E-state index >= 15 is 0 Å².